The molecule has 2 fully saturated rings. The average molecular weight is 553 g/mol. The van der Waals surface area contributed by atoms with Crippen LogP contribution in [-0.2, 0) is 42.7 Å². The highest BCUT2D eigenvalue weighted by molar-refractivity contribution is 5.71. The number of allylic oxidation sites excluding steroid dienone is 3. The number of rotatable bonds is 6. The summed E-state index contributed by atoms with van der Waals surface area (Å²) >= 11 is 0. The molecule has 0 aromatic heterocycles. The van der Waals surface area contributed by atoms with Gasteiger partial charge in [0.15, 0.2) is 12.6 Å². The molecule has 3 rings (SSSR count). The van der Waals surface area contributed by atoms with Gasteiger partial charge in [0.1, 0.15) is 18.3 Å². The highest BCUT2D eigenvalue weighted by atomic mass is 16.7. The van der Waals surface area contributed by atoms with Gasteiger partial charge in [-0.3, -0.25) is 9.59 Å². The van der Waals surface area contributed by atoms with Gasteiger partial charge < -0.3 is 33.2 Å². The van der Waals surface area contributed by atoms with Gasteiger partial charge in [0.05, 0.1) is 24.7 Å². The zero-order valence-corrected chi connectivity index (χ0v) is 24.1. The van der Waals surface area contributed by atoms with E-state index in [-0.39, 0.29) is 31.0 Å². The van der Waals surface area contributed by atoms with E-state index in [1.54, 1.807) is 7.11 Å². The van der Waals surface area contributed by atoms with Crippen molar-refractivity contribution < 1.29 is 42.7 Å². The molecule has 2 saturated heterocycles. The molecule has 8 unspecified atom stereocenters. The molecular formula is C30H48O9. The normalized spacial score (nSPS) is 35.7. The van der Waals surface area contributed by atoms with Crippen LogP contribution in [0.1, 0.15) is 91.4 Å². The number of hydrogen-bond donors (Lipinski definition) is 0. The van der Waals surface area contributed by atoms with Crippen LogP contribution in [0.4, 0.5) is 0 Å². The molecule has 0 saturated carbocycles. The van der Waals surface area contributed by atoms with Gasteiger partial charge in [0.2, 0.25) is 0 Å². The molecule has 8 atom stereocenters. The first kappa shape index (κ1) is 31.7. The van der Waals surface area contributed by atoms with E-state index in [2.05, 4.69) is 6.08 Å². The van der Waals surface area contributed by atoms with Crippen LogP contribution in [0.3, 0.4) is 0 Å². The number of hydrogen-bond acceptors (Lipinski definition) is 9. The summed E-state index contributed by atoms with van der Waals surface area (Å²) in [6, 6.07) is 0. The smallest absolute Gasteiger partial charge is 0.309 e. The molecule has 9 nitrogen and oxygen atoms in total. The first-order valence-electron chi connectivity index (χ1n) is 14.6. The molecule has 3 aliphatic rings. The molecule has 0 amide bonds. The Labute approximate surface area is 233 Å². The number of esters is 2. The fourth-order valence-corrected chi connectivity index (χ4v) is 5.32. The zero-order valence-electron chi connectivity index (χ0n) is 24.1. The summed E-state index contributed by atoms with van der Waals surface area (Å²) < 4.78 is 41.7. The van der Waals surface area contributed by atoms with Crippen LogP contribution in [0.15, 0.2) is 24.3 Å². The van der Waals surface area contributed by atoms with E-state index in [0.29, 0.717) is 19.3 Å². The lowest BCUT2D eigenvalue weighted by molar-refractivity contribution is -0.282. The Hall–Kier alpha value is -1.78. The standard InChI is InChI=1S/C30H48O9/c1-21-14-10-8-6-5-7-9-11-15-25(30(33-4)26(37-23(3)31)20-27(32)35-21)39-29-18-17-24(22(2)36-29)38-28-16-12-13-19-34-28/h5-6,8,10,21-22,24-26,28-30H,7,9,11-20H2,1-4H3. The summed E-state index contributed by atoms with van der Waals surface area (Å²) in [6.45, 7) is 5.90. The van der Waals surface area contributed by atoms with Crippen LogP contribution in [0.25, 0.3) is 0 Å². The van der Waals surface area contributed by atoms with E-state index in [9.17, 15) is 9.59 Å². The summed E-state index contributed by atoms with van der Waals surface area (Å²) in [4.78, 5) is 24.8. The molecule has 0 aromatic rings. The third-order valence-corrected chi connectivity index (χ3v) is 7.35. The van der Waals surface area contributed by atoms with Crippen molar-refractivity contribution in [3.05, 3.63) is 24.3 Å². The minimum absolute atomic E-state index is 0.0606. The van der Waals surface area contributed by atoms with E-state index in [0.717, 1.165) is 51.6 Å². The Morgan fingerprint density at radius 1 is 0.897 bits per heavy atom. The second kappa shape index (κ2) is 17.1. The molecule has 0 bridgehead atoms. The van der Waals surface area contributed by atoms with E-state index < -0.39 is 36.5 Å². The van der Waals surface area contributed by atoms with Gasteiger partial charge in [-0.1, -0.05) is 30.7 Å². The number of cyclic esters (lactones) is 1. The summed E-state index contributed by atoms with van der Waals surface area (Å²) in [6.07, 6.45) is 13.5. The molecule has 222 valence electrons. The first-order valence-corrected chi connectivity index (χ1v) is 14.6. The van der Waals surface area contributed by atoms with Crippen LogP contribution >= 0.6 is 0 Å². The van der Waals surface area contributed by atoms with E-state index in [1.807, 2.05) is 32.1 Å². The molecular weight excluding hydrogens is 504 g/mol. The molecule has 39 heavy (non-hydrogen) atoms. The molecule has 9 heteroatoms. The van der Waals surface area contributed by atoms with Gasteiger partial charge in [-0.25, -0.2) is 0 Å². The summed E-state index contributed by atoms with van der Waals surface area (Å²) in [5, 5.41) is 0. The molecule has 3 aliphatic heterocycles. The Kier molecular flexibility index (Phi) is 13.9. The van der Waals surface area contributed by atoms with Crippen LogP contribution in [-0.4, -0.2) is 74.9 Å². The fraction of sp³-hybridized carbons (Fsp3) is 0.800. The zero-order chi connectivity index (χ0) is 28.0. The van der Waals surface area contributed by atoms with Crippen molar-refractivity contribution in [1.29, 1.82) is 0 Å². The van der Waals surface area contributed by atoms with Crippen molar-refractivity contribution in [2.75, 3.05) is 13.7 Å². The van der Waals surface area contributed by atoms with Crippen LogP contribution < -0.4 is 0 Å². The molecule has 0 N–H and O–H groups in total. The topological polar surface area (TPSA) is 98.8 Å². The van der Waals surface area contributed by atoms with Crippen molar-refractivity contribution in [3.63, 3.8) is 0 Å². The molecule has 0 aliphatic carbocycles. The molecule has 0 spiro atoms. The predicted octanol–water partition coefficient (Wildman–Crippen LogP) is 5.15. The van der Waals surface area contributed by atoms with Crippen molar-refractivity contribution in [2.24, 2.45) is 0 Å². The second-order valence-corrected chi connectivity index (χ2v) is 10.7. The highest BCUT2D eigenvalue weighted by Gasteiger charge is 2.39. The number of ether oxygens (including phenoxy) is 7. The lowest BCUT2D eigenvalue weighted by atomic mass is 9.98. The van der Waals surface area contributed by atoms with Gasteiger partial charge >= 0.3 is 11.9 Å². The summed E-state index contributed by atoms with van der Waals surface area (Å²) in [5.74, 6) is -0.936. The van der Waals surface area contributed by atoms with Crippen molar-refractivity contribution >= 4 is 11.9 Å². The maximum Gasteiger partial charge on any atom is 0.309 e. The predicted molar refractivity (Wildman–Crippen MR) is 145 cm³/mol. The van der Waals surface area contributed by atoms with E-state index in [4.69, 9.17) is 33.2 Å². The summed E-state index contributed by atoms with van der Waals surface area (Å²) in [7, 11) is 1.55. The largest absolute Gasteiger partial charge is 0.462 e. The van der Waals surface area contributed by atoms with Gasteiger partial charge in [0, 0.05) is 33.5 Å². The molecule has 0 aromatic carbocycles. The van der Waals surface area contributed by atoms with Gasteiger partial charge in [-0.2, -0.15) is 0 Å². The lowest BCUT2D eigenvalue weighted by Crippen LogP contribution is -2.48. The van der Waals surface area contributed by atoms with Crippen LogP contribution in [0, 0.1) is 0 Å². The van der Waals surface area contributed by atoms with E-state index >= 15 is 0 Å². The highest BCUT2D eigenvalue weighted by Crippen LogP contribution is 2.30. The van der Waals surface area contributed by atoms with Gasteiger partial charge in [0.25, 0.3) is 0 Å². The van der Waals surface area contributed by atoms with Crippen molar-refractivity contribution in [3.8, 4) is 0 Å². The quantitative estimate of drug-likeness (QED) is 0.414. The Balaban J connectivity index is 1.69. The van der Waals surface area contributed by atoms with Gasteiger partial charge in [-0.05, 0) is 58.8 Å². The third-order valence-electron chi connectivity index (χ3n) is 7.35. The summed E-state index contributed by atoms with van der Waals surface area (Å²) in [5.41, 5.74) is 0. The third kappa shape index (κ3) is 11.3. The maximum atomic E-state index is 12.8. The number of carbonyl (C=O) groups excluding carboxylic acids is 2. The lowest BCUT2D eigenvalue weighted by Gasteiger charge is -2.40. The Bertz CT molecular complexity index is 791. The maximum absolute atomic E-state index is 12.8. The molecule has 3 heterocycles. The molecule has 0 radical (unpaired) electrons. The minimum Gasteiger partial charge on any atom is -0.462 e. The first-order chi connectivity index (χ1) is 18.9. The SMILES string of the molecule is COC1C(OC(C)=O)CC(=O)OC(C)CC=CC=CCCCCC1OC1CCC(OC2CCCCO2)C(C)O1. The minimum atomic E-state index is -0.846. The number of carbonyl (C=O) groups is 2. The second-order valence-electron chi connectivity index (χ2n) is 10.7. The van der Waals surface area contributed by atoms with E-state index in [1.165, 1.54) is 6.92 Å². The fourth-order valence-electron chi connectivity index (χ4n) is 5.32. The monoisotopic (exact) mass is 552 g/mol. The Morgan fingerprint density at radius 3 is 2.38 bits per heavy atom. The van der Waals surface area contributed by atoms with Crippen molar-refractivity contribution in [2.45, 2.75) is 141 Å². The van der Waals surface area contributed by atoms with Crippen LogP contribution in [0.2, 0.25) is 0 Å². The van der Waals surface area contributed by atoms with Crippen LogP contribution in [0.5, 0.6) is 0 Å². The van der Waals surface area contributed by atoms with Crippen molar-refractivity contribution in [1.82, 2.24) is 0 Å². The van der Waals surface area contributed by atoms with Gasteiger partial charge in [-0.15, -0.1) is 0 Å². The number of methoxy groups -OCH3 is 1. The Morgan fingerprint density at radius 2 is 1.67 bits per heavy atom. The average Bonchev–Trinajstić information content (AvgIpc) is 2.89.